The number of aromatic carboxylic acids is 1. The van der Waals surface area contributed by atoms with E-state index in [4.69, 9.17) is 10.8 Å². The zero-order chi connectivity index (χ0) is 10.7. The molecule has 0 unspecified atom stereocenters. The molecule has 1 rings (SSSR count). The Morgan fingerprint density at radius 3 is 2.71 bits per heavy atom. The van der Waals surface area contributed by atoms with Gasteiger partial charge in [0, 0.05) is 11.8 Å². The summed E-state index contributed by atoms with van der Waals surface area (Å²) in [6.45, 7) is 0. The number of hydrogen-bond donors (Lipinski definition) is 4. The monoisotopic (exact) mass is 213 g/mol. The maximum Gasteiger partial charge on any atom is 0.339 e. The van der Waals surface area contributed by atoms with Gasteiger partial charge in [-0.2, -0.15) is 12.6 Å². The minimum atomic E-state index is -1.17. The molecule has 0 saturated heterocycles. The highest BCUT2D eigenvalue weighted by molar-refractivity contribution is 7.80. The van der Waals surface area contributed by atoms with E-state index in [1.54, 1.807) is 6.07 Å². The van der Waals surface area contributed by atoms with E-state index in [-0.39, 0.29) is 17.4 Å². The van der Waals surface area contributed by atoms with E-state index in [9.17, 15) is 9.90 Å². The van der Waals surface area contributed by atoms with Crippen LogP contribution < -0.4 is 5.73 Å². The second-order valence-corrected chi connectivity index (χ2v) is 3.24. The first-order valence-corrected chi connectivity index (χ1v) is 4.62. The van der Waals surface area contributed by atoms with Crippen LogP contribution in [0.1, 0.15) is 22.0 Å². The molecule has 0 bridgehead atoms. The van der Waals surface area contributed by atoms with Crippen molar-refractivity contribution in [2.24, 2.45) is 5.73 Å². The van der Waals surface area contributed by atoms with Crippen molar-refractivity contribution in [2.45, 2.75) is 6.04 Å². The molecule has 0 saturated carbocycles. The first kappa shape index (κ1) is 10.9. The third kappa shape index (κ3) is 2.18. The number of benzene rings is 1. The Kier molecular flexibility index (Phi) is 3.38. The Hall–Kier alpha value is -1.20. The van der Waals surface area contributed by atoms with Gasteiger partial charge >= 0.3 is 5.97 Å². The smallest absolute Gasteiger partial charge is 0.339 e. The molecule has 4 nitrogen and oxygen atoms in total. The summed E-state index contributed by atoms with van der Waals surface area (Å²) >= 11 is 4.00. The number of phenols is 1. The summed E-state index contributed by atoms with van der Waals surface area (Å²) in [5, 5.41) is 17.9. The van der Waals surface area contributed by atoms with E-state index < -0.39 is 5.97 Å². The molecule has 0 aliphatic heterocycles. The van der Waals surface area contributed by atoms with E-state index in [0.717, 1.165) is 0 Å². The molecule has 76 valence electrons. The first-order chi connectivity index (χ1) is 6.56. The van der Waals surface area contributed by atoms with Crippen molar-refractivity contribution >= 4 is 18.6 Å². The lowest BCUT2D eigenvalue weighted by atomic mass is 10.0. The van der Waals surface area contributed by atoms with Crippen LogP contribution in [0, 0.1) is 0 Å². The summed E-state index contributed by atoms with van der Waals surface area (Å²) < 4.78 is 0. The molecule has 0 aromatic heterocycles. The van der Waals surface area contributed by atoms with Gasteiger partial charge < -0.3 is 15.9 Å². The number of thiol groups is 1. The molecule has 1 aromatic carbocycles. The Morgan fingerprint density at radius 2 is 2.21 bits per heavy atom. The minimum Gasteiger partial charge on any atom is -0.507 e. The first-order valence-electron chi connectivity index (χ1n) is 3.99. The fourth-order valence-corrected chi connectivity index (χ4v) is 1.27. The molecule has 1 aromatic rings. The van der Waals surface area contributed by atoms with Crippen molar-refractivity contribution in [2.75, 3.05) is 5.75 Å². The number of rotatable bonds is 3. The molecule has 1 atom stereocenters. The Bertz CT molecular complexity index is 354. The van der Waals surface area contributed by atoms with Gasteiger partial charge in [-0.15, -0.1) is 0 Å². The number of carbonyl (C=O) groups is 1. The predicted octanol–water partition coefficient (Wildman–Crippen LogP) is 1.02. The molecule has 0 aliphatic carbocycles. The highest BCUT2D eigenvalue weighted by atomic mass is 32.1. The van der Waals surface area contributed by atoms with Gasteiger partial charge in [0.15, 0.2) is 0 Å². The summed E-state index contributed by atoms with van der Waals surface area (Å²) in [6.07, 6.45) is 0. The van der Waals surface area contributed by atoms with Crippen molar-refractivity contribution in [3.8, 4) is 5.75 Å². The standard InChI is InChI=1S/C9H11NO3S/c10-7(4-14)5-1-2-8(11)6(3-5)9(12)13/h1-3,7,11,14H,4,10H2,(H,12,13)/t7-/m1/s1. The molecule has 14 heavy (non-hydrogen) atoms. The van der Waals surface area contributed by atoms with Crippen LogP contribution >= 0.6 is 12.6 Å². The molecule has 0 spiro atoms. The lowest BCUT2D eigenvalue weighted by Gasteiger charge is -2.09. The van der Waals surface area contributed by atoms with E-state index in [0.29, 0.717) is 11.3 Å². The summed E-state index contributed by atoms with van der Waals surface area (Å²) in [7, 11) is 0. The topological polar surface area (TPSA) is 83.5 Å². The van der Waals surface area contributed by atoms with Crippen LogP contribution in [-0.4, -0.2) is 21.9 Å². The Balaban J connectivity index is 3.12. The lowest BCUT2D eigenvalue weighted by Crippen LogP contribution is -2.12. The normalized spacial score (nSPS) is 12.4. The maximum atomic E-state index is 10.7. The zero-order valence-corrected chi connectivity index (χ0v) is 8.24. The van der Waals surface area contributed by atoms with Crippen LogP contribution in [-0.2, 0) is 0 Å². The summed E-state index contributed by atoms with van der Waals surface area (Å²) in [4.78, 5) is 10.7. The van der Waals surface area contributed by atoms with Gasteiger partial charge in [-0.05, 0) is 17.7 Å². The Morgan fingerprint density at radius 1 is 1.57 bits per heavy atom. The molecule has 0 heterocycles. The van der Waals surface area contributed by atoms with Crippen molar-refractivity contribution < 1.29 is 15.0 Å². The molecule has 0 amide bonds. The minimum absolute atomic E-state index is 0.139. The number of carboxylic acid groups (broad SMARTS) is 1. The summed E-state index contributed by atoms with van der Waals surface area (Å²) in [5.74, 6) is -1.01. The van der Waals surface area contributed by atoms with Crippen molar-refractivity contribution in [3.63, 3.8) is 0 Å². The second-order valence-electron chi connectivity index (χ2n) is 2.87. The lowest BCUT2D eigenvalue weighted by molar-refractivity contribution is 0.0693. The summed E-state index contributed by atoms with van der Waals surface area (Å²) in [5.41, 5.74) is 6.17. The maximum absolute atomic E-state index is 10.7. The van der Waals surface area contributed by atoms with E-state index in [1.807, 2.05) is 0 Å². The molecule has 0 fully saturated rings. The van der Waals surface area contributed by atoms with Gasteiger partial charge in [0.05, 0.1) is 0 Å². The number of carboxylic acids is 1. The SMILES string of the molecule is N[C@H](CS)c1ccc(O)c(C(=O)O)c1. The zero-order valence-electron chi connectivity index (χ0n) is 7.34. The van der Waals surface area contributed by atoms with Crippen LogP contribution in [0.3, 0.4) is 0 Å². The van der Waals surface area contributed by atoms with Gasteiger partial charge in [-0.3, -0.25) is 0 Å². The highest BCUT2D eigenvalue weighted by Crippen LogP contribution is 2.21. The van der Waals surface area contributed by atoms with Crippen LogP contribution in [0.4, 0.5) is 0 Å². The molecule has 0 radical (unpaired) electrons. The fourth-order valence-electron chi connectivity index (χ4n) is 1.06. The molecular formula is C9H11NO3S. The molecule has 5 heteroatoms. The van der Waals surface area contributed by atoms with Crippen LogP contribution in [0.15, 0.2) is 18.2 Å². The fraction of sp³-hybridized carbons (Fsp3) is 0.222. The van der Waals surface area contributed by atoms with Gasteiger partial charge in [0.1, 0.15) is 11.3 Å². The van der Waals surface area contributed by atoms with Crippen LogP contribution in [0.2, 0.25) is 0 Å². The largest absolute Gasteiger partial charge is 0.507 e. The second kappa shape index (κ2) is 4.34. The quantitative estimate of drug-likeness (QED) is 0.565. The van der Waals surface area contributed by atoms with Crippen LogP contribution in [0.5, 0.6) is 5.75 Å². The predicted molar refractivity (Wildman–Crippen MR) is 55.8 cm³/mol. The van der Waals surface area contributed by atoms with E-state index in [2.05, 4.69) is 12.6 Å². The van der Waals surface area contributed by atoms with Gasteiger partial charge in [0.2, 0.25) is 0 Å². The number of hydrogen-bond acceptors (Lipinski definition) is 4. The average Bonchev–Trinajstić information content (AvgIpc) is 2.17. The van der Waals surface area contributed by atoms with E-state index in [1.165, 1.54) is 12.1 Å². The van der Waals surface area contributed by atoms with Crippen molar-refractivity contribution in [1.29, 1.82) is 0 Å². The average molecular weight is 213 g/mol. The molecule has 0 aliphatic rings. The van der Waals surface area contributed by atoms with Crippen LogP contribution in [0.25, 0.3) is 0 Å². The van der Waals surface area contributed by atoms with Gasteiger partial charge in [-0.25, -0.2) is 4.79 Å². The van der Waals surface area contributed by atoms with E-state index >= 15 is 0 Å². The van der Waals surface area contributed by atoms with Crippen molar-refractivity contribution in [3.05, 3.63) is 29.3 Å². The number of aromatic hydroxyl groups is 1. The summed E-state index contributed by atoms with van der Waals surface area (Å²) in [6, 6.07) is 3.94. The van der Waals surface area contributed by atoms with Gasteiger partial charge in [-0.1, -0.05) is 6.07 Å². The van der Waals surface area contributed by atoms with Gasteiger partial charge in [0.25, 0.3) is 0 Å². The molecule has 4 N–H and O–H groups in total. The molecular weight excluding hydrogens is 202 g/mol. The van der Waals surface area contributed by atoms with Crippen molar-refractivity contribution in [1.82, 2.24) is 0 Å². The third-order valence-electron chi connectivity index (χ3n) is 1.88. The highest BCUT2D eigenvalue weighted by Gasteiger charge is 2.12. The Labute approximate surface area is 86.8 Å². The number of nitrogens with two attached hydrogens (primary N) is 1. The third-order valence-corrected chi connectivity index (χ3v) is 2.27.